The summed E-state index contributed by atoms with van der Waals surface area (Å²) in [6.45, 7) is 0. The van der Waals surface area contributed by atoms with Crippen molar-refractivity contribution in [1.29, 1.82) is 0 Å². The summed E-state index contributed by atoms with van der Waals surface area (Å²) in [5.41, 5.74) is 2.29. The second-order valence-electron chi connectivity index (χ2n) is 10.7. The van der Waals surface area contributed by atoms with Gasteiger partial charge >= 0.3 is 0 Å². The van der Waals surface area contributed by atoms with Crippen molar-refractivity contribution < 1.29 is 23.9 Å². The molecule has 208 valence electrons. The van der Waals surface area contributed by atoms with Crippen molar-refractivity contribution in [2.45, 2.75) is 17.5 Å². The number of fused-ring (bicyclic) bond motifs is 5. The number of nitrogens with zero attached hydrogens (tertiary/aromatic N) is 1. The first-order valence-electron chi connectivity index (χ1n) is 13.8. The molecule has 0 aromatic heterocycles. The van der Waals surface area contributed by atoms with Crippen LogP contribution in [0.1, 0.15) is 31.8 Å². The van der Waals surface area contributed by atoms with E-state index in [1.807, 2.05) is 83.8 Å². The summed E-state index contributed by atoms with van der Waals surface area (Å²) >= 11 is 0. The van der Waals surface area contributed by atoms with Gasteiger partial charge in [-0.2, -0.15) is 0 Å². The Balaban J connectivity index is 1.53. The standard InChI is InChI=1S/C35H28N2O5/c1-41-28-19-17-23(20-29(28)42-2)32(39)33-35(24-13-7-8-14-25(24)36-34(35)40)30(31(38)22-11-4-3-5-12-22)27-18-16-21-10-6-9-15-26(21)37(27)33/h3-20,27,30,33H,1-2H3,(H,36,40)/t27-,30-,33+,35+/m1/s1. The van der Waals surface area contributed by atoms with Gasteiger partial charge in [0.2, 0.25) is 5.91 Å². The highest BCUT2D eigenvalue weighted by atomic mass is 16.5. The molecule has 42 heavy (non-hydrogen) atoms. The topological polar surface area (TPSA) is 84.9 Å². The van der Waals surface area contributed by atoms with Crippen molar-refractivity contribution in [2.75, 3.05) is 24.4 Å². The maximum absolute atomic E-state index is 14.9. The molecule has 0 bridgehead atoms. The molecule has 0 unspecified atom stereocenters. The molecule has 0 saturated carbocycles. The molecule has 3 aliphatic rings. The molecule has 1 amide bonds. The lowest BCUT2D eigenvalue weighted by Gasteiger charge is -2.37. The van der Waals surface area contributed by atoms with E-state index >= 15 is 0 Å². The molecule has 1 saturated heterocycles. The molecule has 0 radical (unpaired) electrons. The molecule has 4 aromatic carbocycles. The Labute approximate surface area is 243 Å². The Bertz CT molecular complexity index is 1780. The minimum Gasteiger partial charge on any atom is -0.493 e. The third-order valence-electron chi connectivity index (χ3n) is 8.80. The number of carbonyl (C=O) groups is 3. The number of carbonyl (C=O) groups excluding carboxylic acids is 3. The Hall–Kier alpha value is -5.17. The molecule has 3 aliphatic heterocycles. The zero-order valence-corrected chi connectivity index (χ0v) is 23.1. The Morgan fingerprint density at radius 1 is 0.786 bits per heavy atom. The molecule has 0 aliphatic carbocycles. The predicted octanol–water partition coefficient (Wildman–Crippen LogP) is 5.56. The lowest BCUT2D eigenvalue weighted by molar-refractivity contribution is -0.121. The fourth-order valence-corrected chi connectivity index (χ4v) is 7.07. The van der Waals surface area contributed by atoms with Crippen LogP contribution in [0.5, 0.6) is 11.5 Å². The first kappa shape index (κ1) is 25.8. The molecule has 7 heteroatoms. The van der Waals surface area contributed by atoms with E-state index in [2.05, 4.69) is 5.32 Å². The van der Waals surface area contributed by atoms with Crippen molar-refractivity contribution in [3.8, 4) is 11.5 Å². The van der Waals surface area contributed by atoms with E-state index in [0.29, 0.717) is 33.9 Å². The summed E-state index contributed by atoms with van der Waals surface area (Å²) in [7, 11) is 3.05. The maximum Gasteiger partial charge on any atom is 0.238 e. The van der Waals surface area contributed by atoms with Crippen LogP contribution in [0.3, 0.4) is 0 Å². The highest BCUT2D eigenvalue weighted by Crippen LogP contribution is 2.58. The maximum atomic E-state index is 14.9. The van der Waals surface area contributed by atoms with Gasteiger partial charge in [-0.1, -0.05) is 78.9 Å². The van der Waals surface area contributed by atoms with Gasteiger partial charge in [0.1, 0.15) is 11.5 Å². The number of hydrogen-bond donors (Lipinski definition) is 1. The smallest absolute Gasteiger partial charge is 0.238 e. The third-order valence-corrected chi connectivity index (χ3v) is 8.80. The Morgan fingerprint density at radius 2 is 1.50 bits per heavy atom. The fourth-order valence-electron chi connectivity index (χ4n) is 7.07. The summed E-state index contributed by atoms with van der Waals surface area (Å²) in [4.78, 5) is 46.1. The number of ketones is 2. The quantitative estimate of drug-likeness (QED) is 0.313. The summed E-state index contributed by atoms with van der Waals surface area (Å²) in [6.07, 6.45) is 3.95. The summed E-state index contributed by atoms with van der Waals surface area (Å²) < 4.78 is 10.9. The molecule has 4 atom stereocenters. The number of hydrogen-bond acceptors (Lipinski definition) is 6. The van der Waals surface area contributed by atoms with Crippen LogP contribution < -0.4 is 19.7 Å². The number of methoxy groups -OCH3 is 2. The van der Waals surface area contributed by atoms with E-state index < -0.39 is 23.4 Å². The number of para-hydroxylation sites is 2. The van der Waals surface area contributed by atoms with E-state index in [4.69, 9.17) is 9.47 Å². The van der Waals surface area contributed by atoms with Gasteiger partial charge in [0.05, 0.1) is 26.2 Å². The van der Waals surface area contributed by atoms with E-state index in [1.165, 1.54) is 14.2 Å². The number of anilines is 2. The highest BCUT2D eigenvalue weighted by molar-refractivity contribution is 6.20. The van der Waals surface area contributed by atoms with Gasteiger partial charge in [-0.15, -0.1) is 0 Å². The van der Waals surface area contributed by atoms with Gasteiger partial charge in [0.25, 0.3) is 0 Å². The van der Waals surface area contributed by atoms with Crippen molar-refractivity contribution in [2.24, 2.45) is 5.92 Å². The molecule has 1 spiro atoms. The first-order chi connectivity index (χ1) is 20.5. The summed E-state index contributed by atoms with van der Waals surface area (Å²) in [5.74, 6) is -0.843. The van der Waals surface area contributed by atoms with E-state index in [1.54, 1.807) is 30.3 Å². The van der Waals surface area contributed by atoms with Gasteiger partial charge in [-0.05, 0) is 41.5 Å². The van der Waals surface area contributed by atoms with E-state index in [-0.39, 0.29) is 17.5 Å². The van der Waals surface area contributed by atoms with Crippen LogP contribution in [-0.2, 0) is 10.2 Å². The van der Waals surface area contributed by atoms with Crippen LogP contribution in [0.15, 0.2) is 103 Å². The molecular formula is C35H28N2O5. The van der Waals surface area contributed by atoms with Crippen molar-refractivity contribution in [3.63, 3.8) is 0 Å². The van der Waals surface area contributed by atoms with Crippen molar-refractivity contribution in [1.82, 2.24) is 0 Å². The molecule has 1 fully saturated rings. The van der Waals surface area contributed by atoms with Crippen molar-refractivity contribution >= 4 is 34.9 Å². The van der Waals surface area contributed by atoms with Crippen LogP contribution in [0.4, 0.5) is 11.4 Å². The number of ether oxygens (including phenoxy) is 2. The molecule has 3 heterocycles. The van der Waals surface area contributed by atoms with Gasteiger partial charge < -0.3 is 19.7 Å². The van der Waals surface area contributed by atoms with Crippen LogP contribution >= 0.6 is 0 Å². The van der Waals surface area contributed by atoms with Crippen LogP contribution in [0.2, 0.25) is 0 Å². The number of rotatable bonds is 6. The lowest BCUT2D eigenvalue weighted by atomic mass is 9.63. The minimum absolute atomic E-state index is 0.191. The fraction of sp³-hybridized carbons (Fsp3) is 0.171. The monoisotopic (exact) mass is 556 g/mol. The van der Waals surface area contributed by atoms with Gasteiger partial charge in [-0.3, -0.25) is 14.4 Å². The van der Waals surface area contributed by atoms with E-state index in [0.717, 1.165) is 11.3 Å². The second-order valence-corrected chi connectivity index (χ2v) is 10.7. The second kappa shape index (κ2) is 9.73. The zero-order chi connectivity index (χ0) is 29.0. The molecule has 4 aromatic rings. The summed E-state index contributed by atoms with van der Waals surface area (Å²) in [6, 6.07) is 27.6. The average molecular weight is 557 g/mol. The van der Waals surface area contributed by atoms with Gasteiger partial charge in [0.15, 0.2) is 23.1 Å². The number of amides is 1. The Kier molecular flexibility index (Phi) is 5.97. The van der Waals surface area contributed by atoms with E-state index in [9.17, 15) is 14.4 Å². The van der Waals surface area contributed by atoms with Crippen LogP contribution in [-0.4, -0.2) is 43.8 Å². The number of Topliss-reactive ketones (excluding diaryl/α,β-unsaturated/α-hetero) is 2. The average Bonchev–Trinajstić information content (AvgIpc) is 3.52. The van der Waals surface area contributed by atoms with Gasteiger partial charge in [0, 0.05) is 22.5 Å². The predicted molar refractivity (Wildman–Crippen MR) is 160 cm³/mol. The highest BCUT2D eigenvalue weighted by Gasteiger charge is 2.71. The Morgan fingerprint density at radius 3 is 2.29 bits per heavy atom. The first-order valence-corrected chi connectivity index (χ1v) is 13.8. The van der Waals surface area contributed by atoms with Crippen LogP contribution in [0, 0.1) is 5.92 Å². The SMILES string of the molecule is COc1ccc(C(=O)[C@@H]2N3c4ccccc4C=C[C@@H]3[C@H](C(=O)c3ccccc3)[C@]23C(=O)Nc2ccccc23)cc1OC. The normalized spacial score (nSPS) is 23.1. The largest absolute Gasteiger partial charge is 0.493 e. The molecular weight excluding hydrogens is 528 g/mol. The van der Waals surface area contributed by atoms with Gasteiger partial charge in [-0.25, -0.2) is 0 Å². The zero-order valence-electron chi connectivity index (χ0n) is 23.1. The molecule has 7 nitrogen and oxygen atoms in total. The molecule has 1 N–H and O–H groups in total. The minimum atomic E-state index is -1.51. The molecule has 7 rings (SSSR count). The summed E-state index contributed by atoms with van der Waals surface area (Å²) in [5, 5.41) is 3.04. The third kappa shape index (κ3) is 3.49. The number of nitrogens with one attached hydrogen (secondary N) is 1. The van der Waals surface area contributed by atoms with Crippen molar-refractivity contribution in [3.05, 3.63) is 125 Å². The lowest BCUT2D eigenvalue weighted by Crippen LogP contribution is -2.55. The number of benzene rings is 4. The van der Waals surface area contributed by atoms with Crippen LogP contribution in [0.25, 0.3) is 6.08 Å².